The van der Waals surface area contributed by atoms with Gasteiger partial charge in [0.2, 0.25) is 5.91 Å². The first-order valence-corrected chi connectivity index (χ1v) is 8.01. The molecule has 2 rings (SSSR count). The highest BCUT2D eigenvalue weighted by atomic mass is 35.5. The van der Waals surface area contributed by atoms with Crippen molar-refractivity contribution in [3.8, 4) is 0 Å². The Morgan fingerprint density at radius 1 is 1.16 bits per heavy atom. The molecule has 0 atom stereocenters. The lowest BCUT2D eigenvalue weighted by Crippen LogP contribution is -2.30. The molecule has 0 aromatic heterocycles. The number of halogens is 2. The number of hydrogen-bond donors (Lipinski definition) is 2. The van der Waals surface area contributed by atoms with E-state index in [1.54, 1.807) is 31.1 Å². The van der Waals surface area contributed by atoms with Crippen LogP contribution in [0.15, 0.2) is 42.5 Å². The number of carbonyl (C=O) groups is 2. The molecule has 0 saturated heterocycles. The SMILES string of the molecule is CNC(=O)c1ccc(CN(C)CC(=O)Nc2cc(Cl)ccc2F)cc1. The van der Waals surface area contributed by atoms with Crippen molar-refractivity contribution in [3.63, 3.8) is 0 Å². The summed E-state index contributed by atoms with van der Waals surface area (Å²) in [7, 11) is 3.35. The zero-order chi connectivity index (χ0) is 18.4. The maximum Gasteiger partial charge on any atom is 0.251 e. The van der Waals surface area contributed by atoms with Crippen LogP contribution in [0.1, 0.15) is 15.9 Å². The second-order valence-corrected chi connectivity index (χ2v) is 6.06. The highest BCUT2D eigenvalue weighted by molar-refractivity contribution is 6.30. The fraction of sp³-hybridized carbons (Fsp3) is 0.222. The molecule has 2 aromatic carbocycles. The monoisotopic (exact) mass is 363 g/mol. The van der Waals surface area contributed by atoms with Crippen molar-refractivity contribution in [3.05, 3.63) is 64.4 Å². The topological polar surface area (TPSA) is 61.4 Å². The Bertz CT molecular complexity index is 765. The second kappa shape index (κ2) is 8.60. The quantitative estimate of drug-likeness (QED) is 0.829. The molecule has 5 nitrogen and oxygen atoms in total. The van der Waals surface area contributed by atoms with Gasteiger partial charge in [-0.1, -0.05) is 23.7 Å². The molecule has 0 unspecified atom stereocenters. The van der Waals surface area contributed by atoms with Crippen LogP contribution in [-0.4, -0.2) is 37.4 Å². The van der Waals surface area contributed by atoms with Crippen LogP contribution in [0.2, 0.25) is 5.02 Å². The largest absolute Gasteiger partial charge is 0.355 e. The summed E-state index contributed by atoms with van der Waals surface area (Å²) in [5.41, 5.74) is 1.58. The Morgan fingerprint density at radius 3 is 2.48 bits per heavy atom. The average molecular weight is 364 g/mol. The number of rotatable bonds is 6. The lowest BCUT2D eigenvalue weighted by molar-refractivity contribution is -0.117. The van der Waals surface area contributed by atoms with Crippen LogP contribution >= 0.6 is 11.6 Å². The third-order valence-electron chi connectivity index (χ3n) is 3.51. The Hall–Kier alpha value is -2.44. The molecule has 0 aliphatic carbocycles. The number of amides is 2. The van der Waals surface area contributed by atoms with Crippen molar-refractivity contribution in [2.24, 2.45) is 0 Å². The highest BCUT2D eigenvalue weighted by Gasteiger charge is 2.11. The number of nitrogens with one attached hydrogen (secondary N) is 2. The summed E-state index contributed by atoms with van der Waals surface area (Å²) in [6.45, 7) is 0.600. The molecule has 25 heavy (non-hydrogen) atoms. The van der Waals surface area contributed by atoms with Gasteiger partial charge in [-0.05, 0) is 42.9 Å². The Labute approximate surface area is 150 Å². The number of likely N-dealkylation sites (N-methyl/N-ethyl adjacent to an activating group) is 1. The number of benzene rings is 2. The standard InChI is InChI=1S/C18H19ClFN3O2/c1-21-18(25)13-5-3-12(4-6-13)10-23(2)11-17(24)22-16-9-14(19)7-8-15(16)20/h3-9H,10-11H2,1-2H3,(H,21,25)(H,22,24). The average Bonchev–Trinajstić information content (AvgIpc) is 2.58. The van der Waals surface area contributed by atoms with Crippen molar-refractivity contribution >= 4 is 29.1 Å². The van der Waals surface area contributed by atoms with Gasteiger partial charge in [0.15, 0.2) is 0 Å². The van der Waals surface area contributed by atoms with Gasteiger partial charge in [0, 0.05) is 24.2 Å². The number of carbonyl (C=O) groups excluding carboxylic acids is 2. The maximum atomic E-state index is 13.6. The van der Waals surface area contributed by atoms with Crippen molar-refractivity contribution in [2.75, 3.05) is 26.0 Å². The van der Waals surface area contributed by atoms with E-state index in [0.29, 0.717) is 17.1 Å². The van der Waals surface area contributed by atoms with E-state index in [4.69, 9.17) is 11.6 Å². The molecule has 0 bridgehead atoms. The summed E-state index contributed by atoms with van der Waals surface area (Å²) in [4.78, 5) is 25.3. The Kier molecular flexibility index (Phi) is 6.50. The minimum absolute atomic E-state index is 0.0563. The highest BCUT2D eigenvalue weighted by Crippen LogP contribution is 2.19. The predicted molar refractivity (Wildman–Crippen MR) is 96.2 cm³/mol. The molecule has 2 N–H and O–H groups in total. The fourth-order valence-corrected chi connectivity index (χ4v) is 2.47. The van der Waals surface area contributed by atoms with E-state index in [1.165, 1.54) is 18.2 Å². The van der Waals surface area contributed by atoms with Crippen molar-refractivity contribution in [1.29, 1.82) is 0 Å². The van der Waals surface area contributed by atoms with Gasteiger partial charge in [-0.2, -0.15) is 0 Å². The lowest BCUT2D eigenvalue weighted by atomic mass is 10.1. The first kappa shape index (κ1) is 18.9. The molecule has 0 heterocycles. The van der Waals surface area contributed by atoms with Gasteiger partial charge in [0.25, 0.3) is 5.91 Å². The van der Waals surface area contributed by atoms with E-state index >= 15 is 0 Å². The molecule has 0 radical (unpaired) electrons. The summed E-state index contributed by atoms with van der Waals surface area (Å²) in [5.74, 6) is -1.03. The van der Waals surface area contributed by atoms with Gasteiger partial charge in [0.1, 0.15) is 5.82 Å². The van der Waals surface area contributed by atoms with Crippen LogP contribution in [0, 0.1) is 5.82 Å². The third-order valence-corrected chi connectivity index (χ3v) is 3.75. The molecule has 0 fully saturated rings. The molecule has 0 aliphatic rings. The zero-order valence-corrected chi connectivity index (χ0v) is 14.7. The van der Waals surface area contributed by atoms with Crippen LogP contribution in [0.25, 0.3) is 0 Å². The minimum Gasteiger partial charge on any atom is -0.355 e. The first-order valence-electron chi connectivity index (χ1n) is 7.63. The van der Waals surface area contributed by atoms with E-state index in [9.17, 15) is 14.0 Å². The summed E-state index contributed by atoms with van der Waals surface area (Å²) in [5, 5.41) is 5.41. The van der Waals surface area contributed by atoms with E-state index in [2.05, 4.69) is 10.6 Å². The second-order valence-electron chi connectivity index (χ2n) is 5.62. The van der Waals surface area contributed by atoms with Crippen LogP contribution in [0.4, 0.5) is 10.1 Å². The molecule has 0 saturated carbocycles. The first-order chi connectivity index (χ1) is 11.9. The maximum absolute atomic E-state index is 13.6. The normalized spacial score (nSPS) is 10.6. The molecule has 0 spiro atoms. The predicted octanol–water partition coefficient (Wildman–Crippen LogP) is 2.91. The summed E-state index contributed by atoms with van der Waals surface area (Å²) in [6.07, 6.45) is 0. The zero-order valence-electron chi connectivity index (χ0n) is 14.0. The van der Waals surface area contributed by atoms with Crippen LogP contribution in [-0.2, 0) is 11.3 Å². The van der Waals surface area contributed by atoms with Crippen LogP contribution in [0.5, 0.6) is 0 Å². The van der Waals surface area contributed by atoms with Gasteiger partial charge < -0.3 is 10.6 Å². The van der Waals surface area contributed by atoms with E-state index in [1.807, 2.05) is 12.1 Å². The summed E-state index contributed by atoms with van der Waals surface area (Å²) >= 11 is 5.80. The molecule has 132 valence electrons. The Balaban J connectivity index is 1.91. The summed E-state index contributed by atoms with van der Waals surface area (Å²) < 4.78 is 13.6. The van der Waals surface area contributed by atoms with Crippen LogP contribution in [0.3, 0.4) is 0 Å². The molecule has 2 amide bonds. The third kappa shape index (κ3) is 5.55. The minimum atomic E-state index is -0.537. The van der Waals surface area contributed by atoms with E-state index < -0.39 is 5.82 Å². The van der Waals surface area contributed by atoms with Crippen molar-refractivity contribution in [2.45, 2.75) is 6.54 Å². The van der Waals surface area contributed by atoms with E-state index in [0.717, 1.165) is 5.56 Å². The molecule has 2 aromatic rings. The fourth-order valence-electron chi connectivity index (χ4n) is 2.30. The Morgan fingerprint density at radius 2 is 1.84 bits per heavy atom. The molecular weight excluding hydrogens is 345 g/mol. The smallest absolute Gasteiger partial charge is 0.251 e. The van der Waals surface area contributed by atoms with Gasteiger partial charge in [-0.25, -0.2) is 4.39 Å². The van der Waals surface area contributed by atoms with Gasteiger partial charge >= 0.3 is 0 Å². The molecular formula is C18H19ClFN3O2. The van der Waals surface area contributed by atoms with Gasteiger partial charge in [-0.15, -0.1) is 0 Å². The molecule has 7 heteroatoms. The van der Waals surface area contributed by atoms with Crippen LogP contribution < -0.4 is 10.6 Å². The number of hydrogen-bond acceptors (Lipinski definition) is 3. The number of nitrogens with zero attached hydrogens (tertiary/aromatic N) is 1. The lowest BCUT2D eigenvalue weighted by Gasteiger charge is -2.17. The van der Waals surface area contributed by atoms with Crippen molar-refractivity contribution in [1.82, 2.24) is 10.2 Å². The van der Waals surface area contributed by atoms with E-state index in [-0.39, 0.29) is 24.0 Å². The van der Waals surface area contributed by atoms with Gasteiger partial charge in [0.05, 0.1) is 12.2 Å². The van der Waals surface area contributed by atoms with Crippen molar-refractivity contribution < 1.29 is 14.0 Å². The van der Waals surface area contributed by atoms with Gasteiger partial charge in [-0.3, -0.25) is 14.5 Å². The number of anilines is 1. The summed E-state index contributed by atoms with van der Waals surface area (Å²) in [6, 6.07) is 11.1. The molecule has 0 aliphatic heterocycles.